The quantitative estimate of drug-likeness (QED) is 0.747. The smallest absolute Gasteiger partial charge is 0.248 e. The maximum absolute atomic E-state index is 11.9. The molecule has 1 unspecified atom stereocenters. The number of rotatable bonds is 5. The van der Waals surface area contributed by atoms with Gasteiger partial charge in [0.15, 0.2) is 0 Å². The molecule has 1 atom stereocenters. The Morgan fingerprint density at radius 3 is 2.53 bits per heavy atom. The van der Waals surface area contributed by atoms with Gasteiger partial charge < -0.3 is 15.6 Å². The van der Waals surface area contributed by atoms with Crippen molar-refractivity contribution < 1.29 is 19.0 Å². The first-order chi connectivity index (χ1) is 7.13. The molecular weight excluding hydrogens is 201 g/mol. The number of halogens is 1. The summed E-state index contributed by atoms with van der Waals surface area (Å²) in [5.74, 6) is -0.0714. The summed E-state index contributed by atoms with van der Waals surface area (Å²) in [6.45, 7) is -0.966. The SMILES string of the molecule is NC(=O)c1ccc(OCC(O)CF)cc1. The summed E-state index contributed by atoms with van der Waals surface area (Å²) in [4.78, 5) is 10.7. The normalized spacial score (nSPS) is 12.1. The van der Waals surface area contributed by atoms with E-state index in [0.717, 1.165) is 0 Å². The van der Waals surface area contributed by atoms with E-state index in [9.17, 15) is 9.18 Å². The Hall–Kier alpha value is -1.62. The number of aliphatic hydroxyl groups is 1. The Kier molecular flexibility index (Phi) is 4.05. The van der Waals surface area contributed by atoms with Crippen molar-refractivity contribution in [2.45, 2.75) is 6.10 Å². The first-order valence-electron chi connectivity index (χ1n) is 4.40. The van der Waals surface area contributed by atoms with Crippen LogP contribution in [0, 0.1) is 0 Å². The van der Waals surface area contributed by atoms with E-state index in [0.29, 0.717) is 11.3 Å². The van der Waals surface area contributed by atoms with E-state index in [1.54, 1.807) is 0 Å². The van der Waals surface area contributed by atoms with Crippen LogP contribution < -0.4 is 10.5 Å². The highest BCUT2D eigenvalue weighted by molar-refractivity contribution is 5.92. The third kappa shape index (κ3) is 3.55. The fourth-order valence-corrected chi connectivity index (χ4v) is 0.952. The van der Waals surface area contributed by atoms with Gasteiger partial charge >= 0.3 is 0 Å². The van der Waals surface area contributed by atoms with Crippen LogP contribution >= 0.6 is 0 Å². The van der Waals surface area contributed by atoms with Gasteiger partial charge in [-0.25, -0.2) is 4.39 Å². The molecule has 15 heavy (non-hydrogen) atoms. The lowest BCUT2D eigenvalue weighted by Gasteiger charge is -2.08. The lowest BCUT2D eigenvalue weighted by molar-refractivity contribution is 0.0841. The Balaban J connectivity index is 2.53. The van der Waals surface area contributed by atoms with E-state index >= 15 is 0 Å². The van der Waals surface area contributed by atoms with Crippen molar-refractivity contribution >= 4 is 5.91 Å². The molecule has 0 saturated carbocycles. The third-order valence-electron chi connectivity index (χ3n) is 1.76. The fourth-order valence-electron chi connectivity index (χ4n) is 0.952. The number of ether oxygens (including phenoxy) is 1. The number of primary amides is 1. The predicted octanol–water partition coefficient (Wildman–Crippen LogP) is 0.495. The van der Waals surface area contributed by atoms with E-state index in [2.05, 4.69) is 0 Å². The largest absolute Gasteiger partial charge is 0.491 e. The summed E-state index contributed by atoms with van der Waals surface area (Å²) in [6, 6.07) is 6.06. The van der Waals surface area contributed by atoms with E-state index in [-0.39, 0.29) is 6.61 Å². The van der Waals surface area contributed by atoms with E-state index in [1.165, 1.54) is 24.3 Å². The molecule has 0 fully saturated rings. The average Bonchev–Trinajstić information content (AvgIpc) is 2.26. The zero-order valence-electron chi connectivity index (χ0n) is 8.02. The van der Waals surface area contributed by atoms with Gasteiger partial charge in [0.2, 0.25) is 5.91 Å². The molecule has 4 nitrogen and oxygen atoms in total. The summed E-state index contributed by atoms with van der Waals surface area (Å²) in [5.41, 5.74) is 5.41. The van der Waals surface area contributed by atoms with Gasteiger partial charge in [0, 0.05) is 5.56 Å². The second-order valence-corrected chi connectivity index (χ2v) is 3.01. The molecule has 0 aliphatic heterocycles. The van der Waals surface area contributed by atoms with Gasteiger partial charge in [0.05, 0.1) is 0 Å². The summed E-state index contributed by atoms with van der Waals surface area (Å²) < 4.78 is 16.9. The van der Waals surface area contributed by atoms with Crippen molar-refractivity contribution in [3.05, 3.63) is 29.8 Å². The van der Waals surface area contributed by atoms with E-state index < -0.39 is 18.7 Å². The molecule has 3 N–H and O–H groups in total. The highest BCUT2D eigenvalue weighted by Crippen LogP contribution is 2.12. The summed E-state index contributed by atoms with van der Waals surface area (Å²) in [5, 5.41) is 8.89. The van der Waals surface area contributed by atoms with Gasteiger partial charge in [-0.1, -0.05) is 0 Å². The average molecular weight is 213 g/mol. The zero-order chi connectivity index (χ0) is 11.3. The molecule has 5 heteroatoms. The summed E-state index contributed by atoms with van der Waals surface area (Å²) in [7, 11) is 0. The topological polar surface area (TPSA) is 72.6 Å². The number of hydrogen-bond donors (Lipinski definition) is 2. The molecule has 1 amide bonds. The van der Waals surface area contributed by atoms with Crippen LogP contribution in [0.4, 0.5) is 4.39 Å². The van der Waals surface area contributed by atoms with Crippen LogP contribution in [-0.4, -0.2) is 30.4 Å². The van der Waals surface area contributed by atoms with Crippen molar-refractivity contribution in [2.24, 2.45) is 5.73 Å². The molecule has 1 aromatic carbocycles. The van der Waals surface area contributed by atoms with Gasteiger partial charge in [-0.15, -0.1) is 0 Å². The maximum Gasteiger partial charge on any atom is 0.248 e. The molecule has 82 valence electrons. The Morgan fingerprint density at radius 1 is 1.47 bits per heavy atom. The van der Waals surface area contributed by atoms with E-state index in [4.69, 9.17) is 15.6 Å². The van der Waals surface area contributed by atoms with Crippen LogP contribution in [0.2, 0.25) is 0 Å². The minimum atomic E-state index is -1.12. The third-order valence-corrected chi connectivity index (χ3v) is 1.76. The highest BCUT2D eigenvalue weighted by atomic mass is 19.1. The molecule has 0 saturated heterocycles. The molecule has 1 rings (SSSR count). The Labute approximate surface area is 86.5 Å². The summed E-state index contributed by atoms with van der Waals surface area (Å²) >= 11 is 0. The molecule has 0 heterocycles. The maximum atomic E-state index is 11.9. The fraction of sp³-hybridized carbons (Fsp3) is 0.300. The molecule has 0 spiro atoms. The van der Waals surface area contributed by atoms with Gasteiger partial charge in [-0.3, -0.25) is 4.79 Å². The standard InChI is InChI=1S/C10H12FNO3/c11-5-8(13)6-15-9-3-1-7(2-4-9)10(12)14/h1-4,8,13H,5-6H2,(H2,12,14). The predicted molar refractivity (Wildman–Crippen MR) is 52.4 cm³/mol. The van der Waals surface area contributed by atoms with Crippen molar-refractivity contribution in [3.8, 4) is 5.75 Å². The second kappa shape index (κ2) is 5.31. The summed E-state index contributed by atoms with van der Waals surface area (Å²) in [6.07, 6.45) is -1.12. The molecule has 0 bridgehead atoms. The number of amides is 1. The number of carbonyl (C=O) groups is 1. The van der Waals surface area contributed by atoms with Crippen molar-refractivity contribution in [1.82, 2.24) is 0 Å². The number of benzene rings is 1. The monoisotopic (exact) mass is 213 g/mol. The van der Waals surface area contributed by atoms with Gasteiger partial charge in [0.25, 0.3) is 0 Å². The highest BCUT2D eigenvalue weighted by Gasteiger charge is 2.04. The van der Waals surface area contributed by atoms with Gasteiger partial charge in [0.1, 0.15) is 25.1 Å². The minimum absolute atomic E-state index is 0.119. The van der Waals surface area contributed by atoms with Gasteiger partial charge in [-0.2, -0.15) is 0 Å². The zero-order valence-corrected chi connectivity index (χ0v) is 8.02. The van der Waals surface area contributed by atoms with Crippen molar-refractivity contribution in [3.63, 3.8) is 0 Å². The van der Waals surface area contributed by atoms with Crippen LogP contribution in [0.5, 0.6) is 5.75 Å². The van der Waals surface area contributed by atoms with Crippen LogP contribution in [-0.2, 0) is 0 Å². The number of hydrogen-bond acceptors (Lipinski definition) is 3. The Bertz CT molecular complexity index is 326. The number of nitrogens with two attached hydrogens (primary N) is 1. The first kappa shape index (κ1) is 11.5. The minimum Gasteiger partial charge on any atom is -0.491 e. The molecule has 0 aromatic heterocycles. The molecular formula is C10H12FNO3. The Morgan fingerprint density at radius 2 is 2.07 bits per heavy atom. The van der Waals surface area contributed by atoms with Crippen LogP contribution in [0.3, 0.4) is 0 Å². The van der Waals surface area contributed by atoms with Crippen LogP contribution in [0.1, 0.15) is 10.4 Å². The lowest BCUT2D eigenvalue weighted by Crippen LogP contribution is -2.19. The van der Waals surface area contributed by atoms with E-state index in [1.807, 2.05) is 0 Å². The number of aliphatic hydroxyl groups excluding tert-OH is 1. The van der Waals surface area contributed by atoms with Crippen LogP contribution in [0.15, 0.2) is 24.3 Å². The molecule has 0 aliphatic rings. The lowest BCUT2D eigenvalue weighted by atomic mass is 10.2. The molecule has 1 aromatic rings. The molecule has 0 radical (unpaired) electrons. The van der Waals surface area contributed by atoms with Crippen LogP contribution in [0.25, 0.3) is 0 Å². The van der Waals surface area contributed by atoms with Crippen molar-refractivity contribution in [1.29, 1.82) is 0 Å². The molecule has 0 aliphatic carbocycles. The van der Waals surface area contributed by atoms with Gasteiger partial charge in [-0.05, 0) is 24.3 Å². The number of carbonyl (C=O) groups excluding carboxylic acids is 1. The first-order valence-corrected chi connectivity index (χ1v) is 4.40. The second-order valence-electron chi connectivity index (χ2n) is 3.01. The number of alkyl halides is 1. The van der Waals surface area contributed by atoms with Crippen molar-refractivity contribution in [2.75, 3.05) is 13.3 Å².